The molecule has 0 unspecified atom stereocenters. The SMILES string of the molecule is Brc1ccc2c(c1)CNc1ccccc1CC2. The molecule has 0 spiro atoms. The molecule has 3 rings (SSSR count). The molecule has 0 atom stereocenters. The molecule has 1 heterocycles. The number of nitrogens with one attached hydrogen (secondary N) is 1. The van der Waals surface area contributed by atoms with Crippen molar-refractivity contribution < 1.29 is 0 Å². The van der Waals surface area contributed by atoms with E-state index < -0.39 is 0 Å². The van der Waals surface area contributed by atoms with Crippen LogP contribution in [0.15, 0.2) is 46.9 Å². The maximum atomic E-state index is 3.54. The van der Waals surface area contributed by atoms with Crippen LogP contribution in [0.1, 0.15) is 16.7 Å². The number of para-hydroxylation sites is 1. The van der Waals surface area contributed by atoms with Crippen molar-refractivity contribution in [3.63, 3.8) is 0 Å². The predicted molar refractivity (Wildman–Crippen MR) is 75.3 cm³/mol. The first-order chi connectivity index (χ1) is 8.33. The first kappa shape index (κ1) is 10.8. The van der Waals surface area contributed by atoms with Crippen molar-refractivity contribution in [2.45, 2.75) is 19.4 Å². The van der Waals surface area contributed by atoms with E-state index in [0.717, 1.165) is 23.9 Å². The van der Waals surface area contributed by atoms with Crippen molar-refractivity contribution in [1.82, 2.24) is 0 Å². The molecule has 2 heteroatoms. The highest BCUT2D eigenvalue weighted by Crippen LogP contribution is 2.25. The van der Waals surface area contributed by atoms with Gasteiger partial charge in [0.05, 0.1) is 0 Å². The van der Waals surface area contributed by atoms with Crippen LogP contribution in [0, 0.1) is 0 Å². The van der Waals surface area contributed by atoms with Crippen LogP contribution in [0.5, 0.6) is 0 Å². The van der Waals surface area contributed by atoms with Crippen molar-refractivity contribution in [3.05, 3.63) is 63.6 Å². The van der Waals surface area contributed by atoms with Gasteiger partial charge in [0, 0.05) is 16.7 Å². The van der Waals surface area contributed by atoms with E-state index in [0.29, 0.717) is 0 Å². The summed E-state index contributed by atoms with van der Waals surface area (Å²) >= 11 is 3.54. The lowest BCUT2D eigenvalue weighted by Crippen LogP contribution is -2.09. The fourth-order valence-electron chi connectivity index (χ4n) is 2.37. The zero-order chi connectivity index (χ0) is 11.7. The van der Waals surface area contributed by atoms with Gasteiger partial charge in [0.25, 0.3) is 0 Å². The summed E-state index contributed by atoms with van der Waals surface area (Å²) in [7, 11) is 0. The minimum Gasteiger partial charge on any atom is -0.381 e. The number of fused-ring (bicyclic) bond motifs is 2. The molecule has 0 aliphatic carbocycles. The van der Waals surface area contributed by atoms with Gasteiger partial charge in [0.1, 0.15) is 0 Å². The predicted octanol–water partition coefficient (Wildman–Crippen LogP) is 4.16. The topological polar surface area (TPSA) is 12.0 Å². The summed E-state index contributed by atoms with van der Waals surface area (Å²) in [6.07, 6.45) is 2.24. The van der Waals surface area contributed by atoms with Gasteiger partial charge in [0.15, 0.2) is 0 Å². The molecule has 86 valence electrons. The Bertz CT molecular complexity index is 548. The lowest BCUT2D eigenvalue weighted by Gasteiger charge is -2.18. The van der Waals surface area contributed by atoms with Gasteiger partial charge < -0.3 is 5.32 Å². The van der Waals surface area contributed by atoms with E-state index in [9.17, 15) is 0 Å². The molecule has 0 radical (unpaired) electrons. The quantitative estimate of drug-likeness (QED) is 0.767. The minimum atomic E-state index is 0.909. The third-order valence-corrected chi connectivity index (χ3v) is 3.81. The van der Waals surface area contributed by atoms with Crippen LogP contribution in [-0.4, -0.2) is 0 Å². The number of hydrogen-bond donors (Lipinski definition) is 1. The molecule has 1 nitrogen and oxygen atoms in total. The van der Waals surface area contributed by atoms with E-state index >= 15 is 0 Å². The van der Waals surface area contributed by atoms with Gasteiger partial charge in [-0.05, 0) is 47.7 Å². The Balaban J connectivity index is 1.97. The second-order valence-corrected chi connectivity index (χ2v) is 5.34. The van der Waals surface area contributed by atoms with E-state index in [1.807, 2.05) is 0 Å². The maximum absolute atomic E-state index is 3.54. The second-order valence-electron chi connectivity index (χ2n) is 4.42. The van der Waals surface area contributed by atoms with Crippen LogP contribution in [-0.2, 0) is 19.4 Å². The number of aryl methyl sites for hydroxylation is 2. The smallest absolute Gasteiger partial charge is 0.0404 e. The Hall–Kier alpha value is -1.28. The van der Waals surface area contributed by atoms with E-state index in [1.165, 1.54) is 22.4 Å². The number of benzene rings is 2. The monoisotopic (exact) mass is 287 g/mol. The Morgan fingerprint density at radius 1 is 0.882 bits per heavy atom. The first-order valence-corrected chi connectivity index (χ1v) is 6.71. The number of hydrogen-bond acceptors (Lipinski definition) is 1. The van der Waals surface area contributed by atoms with E-state index in [2.05, 4.69) is 63.7 Å². The number of halogens is 1. The first-order valence-electron chi connectivity index (χ1n) is 5.92. The van der Waals surface area contributed by atoms with Crippen molar-refractivity contribution in [1.29, 1.82) is 0 Å². The molecule has 0 saturated heterocycles. The van der Waals surface area contributed by atoms with Crippen LogP contribution in [0.25, 0.3) is 0 Å². The van der Waals surface area contributed by atoms with Crippen molar-refractivity contribution >= 4 is 21.6 Å². The third kappa shape index (κ3) is 2.22. The molecule has 0 amide bonds. The largest absolute Gasteiger partial charge is 0.381 e. The minimum absolute atomic E-state index is 0.909. The summed E-state index contributed by atoms with van der Waals surface area (Å²) in [6.45, 7) is 0.909. The molecular formula is C15H14BrN. The molecule has 1 aliphatic rings. The van der Waals surface area contributed by atoms with Gasteiger partial charge in [-0.25, -0.2) is 0 Å². The standard InChI is InChI=1S/C15H14BrN/c16-14-8-7-11-5-6-12-3-1-2-4-15(12)17-10-13(11)9-14/h1-4,7-9,17H,5-6,10H2. The van der Waals surface area contributed by atoms with Gasteiger partial charge in [-0.1, -0.05) is 40.2 Å². The molecule has 0 saturated carbocycles. The van der Waals surface area contributed by atoms with E-state index in [1.54, 1.807) is 0 Å². The summed E-state index contributed by atoms with van der Waals surface area (Å²) in [5, 5.41) is 3.53. The summed E-state index contributed by atoms with van der Waals surface area (Å²) in [4.78, 5) is 0. The lowest BCUT2D eigenvalue weighted by atomic mass is 9.97. The molecular weight excluding hydrogens is 274 g/mol. The van der Waals surface area contributed by atoms with Gasteiger partial charge in [0.2, 0.25) is 0 Å². The Labute approximate surface area is 110 Å². The highest BCUT2D eigenvalue weighted by atomic mass is 79.9. The van der Waals surface area contributed by atoms with E-state index in [-0.39, 0.29) is 0 Å². The second kappa shape index (κ2) is 4.53. The molecule has 2 aromatic rings. The fraction of sp³-hybridized carbons (Fsp3) is 0.200. The van der Waals surface area contributed by atoms with Gasteiger partial charge in [-0.2, -0.15) is 0 Å². The van der Waals surface area contributed by atoms with Gasteiger partial charge in [-0.15, -0.1) is 0 Å². The lowest BCUT2D eigenvalue weighted by molar-refractivity contribution is 0.910. The van der Waals surface area contributed by atoms with Crippen molar-refractivity contribution in [2.24, 2.45) is 0 Å². The van der Waals surface area contributed by atoms with Crippen molar-refractivity contribution in [3.8, 4) is 0 Å². The molecule has 2 aromatic carbocycles. The molecule has 17 heavy (non-hydrogen) atoms. The normalized spacial score (nSPS) is 13.9. The molecule has 0 fully saturated rings. The molecule has 1 aliphatic heterocycles. The average molecular weight is 288 g/mol. The average Bonchev–Trinajstić information content (AvgIpc) is 2.33. The molecule has 0 bridgehead atoms. The van der Waals surface area contributed by atoms with Gasteiger partial charge in [-0.3, -0.25) is 0 Å². The Kier molecular flexibility index (Phi) is 2.89. The van der Waals surface area contributed by atoms with Crippen molar-refractivity contribution in [2.75, 3.05) is 5.32 Å². The zero-order valence-electron chi connectivity index (χ0n) is 9.54. The highest BCUT2D eigenvalue weighted by molar-refractivity contribution is 9.10. The van der Waals surface area contributed by atoms with Crippen LogP contribution in [0.2, 0.25) is 0 Å². The van der Waals surface area contributed by atoms with Gasteiger partial charge >= 0.3 is 0 Å². The van der Waals surface area contributed by atoms with E-state index in [4.69, 9.17) is 0 Å². The maximum Gasteiger partial charge on any atom is 0.0404 e. The summed E-state index contributed by atoms with van der Waals surface area (Å²) in [6, 6.07) is 15.2. The summed E-state index contributed by atoms with van der Waals surface area (Å²) < 4.78 is 1.16. The number of rotatable bonds is 0. The zero-order valence-corrected chi connectivity index (χ0v) is 11.1. The summed E-state index contributed by atoms with van der Waals surface area (Å²) in [5.74, 6) is 0. The fourth-order valence-corrected chi connectivity index (χ4v) is 2.78. The third-order valence-electron chi connectivity index (χ3n) is 3.32. The summed E-state index contributed by atoms with van der Waals surface area (Å²) in [5.41, 5.74) is 5.54. The molecule has 0 aromatic heterocycles. The Morgan fingerprint density at radius 3 is 2.65 bits per heavy atom. The Morgan fingerprint density at radius 2 is 1.71 bits per heavy atom. The highest BCUT2D eigenvalue weighted by Gasteiger charge is 2.10. The van der Waals surface area contributed by atoms with Crippen LogP contribution in [0.4, 0.5) is 5.69 Å². The van der Waals surface area contributed by atoms with Crippen LogP contribution < -0.4 is 5.32 Å². The number of anilines is 1. The molecule has 1 N–H and O–H groups in total. The van der Waals surface area contributed by atoms with Crippen LogP contribution >= 0.6 is 15.9 Å². The van der Waals surface area contributed by atoms with Crippen LogP contribution in [0.3, 0.4) is 0 Å².